The van der Waals surface area contributed by atoms with Crippen molar-refractivity contribution in [2.24, 2.45) is 10.6 Å². The Labute approximate surface area is 140 Å². The molecular weight excluding hydrogens is 306 g/mol. The van der Waals surface area contributed by atoms with Crippen LogP contribution >= 0.6 is 0 Å². The van der Waals surface area contributed by atoms with Crippen molar-refractivity contribution in [2.75, 3.05) is 0 Å². The van der Waals surface area contributed by atoms with Gasteiger partial charge in [-0.3, -0.25) is 0 Å². The van der Waals surface area contributed by atoms with Crippen molar-refractivity contribution in [3.05, 3.63) is 52.5 Å². The van der Waals surface area contributed by atoms with Crippen molar-refractivity contribution >= 4 is 11.7 Å². The average molecular weight is 327 g/mol. The monoisotopic (exact) mass is 327 g/mol. The lowest BCUT2D eigenvalue weighted by atomic mass is 9.75. The van der Waals surface area contributed by atoms with E-state index >= 15 is 0 Å². The molecule has 126 valence electrons. The van der Waals surface area contributed by atoms with E-state index in [1.165, 1.54) is 0 Å². The number of furan rings is 1. The smallest absolute Gasteiger partial charge is 0.379 e. The van der Waals surface area contributed by atoms with Gasteiger partial charge in [-0.1, -0.05) is 36.7 Å². The minimum atomic E-state index is -0.541. The van der Waals surface area contributed by atoms with Crippen LogP contribution < -0.4 is 4.74 Å². The van der Waals surface area contributed by atoms with Crippen LogP contribution in [-0.2, 0) is 6.42 Å². The number of hydrogen-bond donors (Lipinski definition) is 1. The summed E-state index contributed by atoms with van der Waals surface area (Å²) in [5.74, 6) is 0.767. The molecule has 0 spiro atoms. The number of carbonyl (C=O) groups is 1. The third-order valence-corrected chi connectivity index (χ3v) is 4.33. The third kappa shape index (κ3) is 2.94. The molecular formula is C19H21NO4. The zero-order valence-corrected chi connectivity index (χ0v) is 14.3. The Morgan fingerprint density at radius 2 is 1.88 bits per heavy atom. The fourth-order valence-corrected chi connectivity index (χ4v) is 3.15. The summed E-state index contributed by atoms with van der Waals surface area (Å²) in [5, 5.41) is 12.7. The van der Waals surface area contributed by atoms with Gasteiger partial charge in [0.05, 0.1) is 5.71 Å². The normalized spacial score (nSPS) is 17.6. The lowest BCUT2D eigenvalue weighted by molar-refractivity contribution is 0.0697. The van der Waals surface area contributed by atoms with E-state index in [1.807, 2.05) is 19.1 Å². The molecule has 0 saturated carbocycles. The molecule has 1 aliphatic carbocycles. The molecule has 24 heavy (non-hydrogen) atoms. The number of esters is 1. The summed E-state index contributed by atoms with van der Waals surface area (Å²) >= 11 is 0. The first-order valence-corrected chi connectivity index (χ1v) is 7.93. The van der Waals surface area contributed by atoms with E-state index < -0.39 is 5.97 Å². The zero-order chi connectivity index (χ0) is 17.5. The largest absolute Gasteiger partial charge is 0.453 e. The van der Waals surface area contributed by atoms with E-state index in [4.69, 9.17) is 9.15 Å². The van der Waals surface area contributed by atoms with E-state index in [1.54, 1.807) is 19.1 Å². The Balaban J connectivity index is 1.94. The Bertz CT molecular complexity index is 813. The molecule has 0 aliphatic heterocycles. The number of rotatable bonds is 2. The highest BCUT2D eigenvalue weighted by molar-refractivity contribution is 6.06. The molecule has 5 nitrogen and oxygen atoms in total. The maximum Gasteiger partial charge on any atom is 0.379 e. The predicted molar refractivity (Wildman–Crippen MR) is 90.0 cm³/mol. The summed E-state index contributed by atoms with van der Waals surface area (Å²) in [7, 11) is 0. The van der Waals surface area contributed by atoms with Gasteiger partial charge in [0.15, 0.2) is 0 Å². The molecule has 3 rings (SSSR count). The average Bonchev–Trinajstić information content (AvgIpc) is 2.84. The van der Waals surface area contributed by atoms with E-state index in [-0.39, 0.29) is 11.2 Å². The number of fused-ring (bicyclic) bond motifs is 1. The van der Waals surface area contributed by atoms with Gasteiger partial charge < -0.3 is 14.4 Å². The molecule has 2 aromatic rings. The molecule has 0 saturated heterocycles. The van der Waals surface area contributed by atoms with Crippen molar-refractivity contribution < 1.29 is 19.2 Å². The molecule has 1 aromatic heterocycles. The van der Waals surface area contributed by atoms with Crippen LogP contribution in [-0.4, -0.2) is 16.9 Å². The first-order valence-electron chi connectivity index (χ1n) is 7.93. The standard InChI is InChI=1S/C19H21NO4/c1-11-5-7-13(8-6-11)23-18(21)17-12(2)16-14(20-22)9-19(3,4)10-15(16)24-17/h5-8,22H,9-10H2,1-4H3/b20-14-. The minimum absolute atomic E-state index is 0.0863. The van der Waals surface area contributed by atoms with Crippen LogP contribution in [0.15, 0.2) is 33.8 Å². The van der Waals surface area contributed by atoms with Gasteiger partial charge in [-0.25, -0.2) is 4.79 Å². The number of ether oxygens (including phenoxy) is 1. The first-order chi connectivity index (χ1) is 11.3. The quantitative estimate of drug-likeness (QED) is 0.387. The van der Waals surface area contributed by atoms with Crippen molar-refractivity contribution in [3.8, 4) is 5.75 Å². The van der Waals surface area contributed by atoms with Gasteiger partial charge in [0.2, 0.25) is 5.76 Å². The number of benzene rings is 1. The number of aryl methyl sites for hydroxylation is 1. The fraction of sp³-hybridized carbons (Fsp3) is 0.368. The van der Waals surface area contributed by atoms with Crippen LogP contribution in [0, 0.1) is 19.3 Å². The highest BCUT2D eigenvalue weighted by atomic mass is 16.5. The topological polar surface area (TPSA) is 72.0 Å². The Morgan fingerprint density at radius 3 is 2.50 bits per heavy atom. The third-order valence-electron chi connectivity index (χ3n) is 4.33. The van der Waals surface area contributed by atoms with Crippen molar-refractivity contribution in [1.82, 2.24) is 0 Å². The highest BCUT2D eigenvalue weighted by Gasteiger charge is 2.36. The van der Waals surface area contributed by atoms with Crippen LogP contribution in [0.4, 0.5) is 0 Å². The van der Waals surface area contributed by atoms with Crippen LogP contribution in [0.3, 0.4) is 0 Å². The molecule has 0 fully saturated rings. The molecule has 1 aromatic carbocycles. The lowest BCUT2D eigenvalue weighted by Gasteiger charge is -2.28. The summed E-state index contributed by atoms with van der Waals surface area (Å²) < 4.78 is 11.2. The second-order valence-corrected chi connectivity index (χ2v) is 7.12. The number of nitrogens with zero attached hydrogens (tertiary/aromatic N) is 1. The summed E-state index contributed by atoms with van der Waals surface area (Å²) in [4.78, 5) is 12.5. The van der Waals surface area contributed by atoms with Gasteiger partial charge in [-0.2, -0.15) is 0 Å². The predicted octanol–water partition coefficient (Wildman–Crippen LogP) is 4.27. The fourth-order valence-electron chi connectivity index (χ4n) is 3.15. The SMILES string of the molecule is Cc1ccc(OC(=O)c2oc3c(c2C)/C(=N\O)CC(C)(C)C3)cc1. The van der Waals surface area contributed by atoms with E-state index in [9.17, 15) is 10.0 Å². The van der Waals surface area contributed by atoms with E-state index in [2.05, 4.69) is 19.0 Å². The molecule has 1 heterocycles. The van der Waals surface area contributed by atoms with Crippen LogP contribution in [0.25, 0.3) is 0 Å². The van der Waals surface area contributed by atoms with Gasteiger partial charge in [0.1, 0.15) is 11.5 Å². The summed E-state index contributed by atoms with van der Waals surface area (Å²) in [5.41, 5.74) is 2.94. The lowest BCUT2D eigenvalue weighted by Crippen LogP contribution is -2.27. The van der Waals surface area contributed by atoms with Crippen LogP contribution in [0.5, 0.6) is 5.75 Å². The molecule has 0 amide bonds. The molecule has 1 aliphatic rings. The number of carbonyl (C=O) groups excluding carboxylic acids is 1. The maximum atomic E-state index is 12.5. The zero-order valence-electron chi connectivity index (χ0n) is 14.3. The molecule has 5 heteroatoms. The van der Waals surface area contributed by atoms with E-state index in [0.29, 0.717) is 35.6 Å². The van der Waals surface area contributed by atoms with Crippen molar-refractivity contribution in [3.63, 3.8) is 0 Å². The number of hydrogen-bond acceptors (Lipinski definition) is 5. The molecule has 0 atom stereocenters. The second-order valence-electron chi connectivity index (χ2n) is 7.12. The van der Waals surface area contributed by atoms with Gasteiger partial charge in [-0.05, 0) is 37.8 Å². The van der Waals surface area contributed by atoms with Gasteiger partial charge in [0.25, 0.3) is 0 Å². The molecule has 0 radical (unpaired) electrons. The molecule has 0 bridgehead atoms. The number of oxime groups is 1. The summed E-state index contributed by atoms with van der Waals surface area (Å²) in [6.07, 6.45) is 1.31. The minimum Gasteiger partial charge on any atom is -0.453 e. The Morgan fingerprint density at radius 1 is 1.21 bits per heavy atom. The van der Waals surface area contributed by atoms with Crippen molar-refractivity contribution in [1.29, 1.82) is 0 Å². The van der Waals surface area contributed by atoms with E-state index in [0.717, 1.165) is 11.1 Å². The Hall–Kier alpha value is -2.56. The van der Waals surface area contributed by atoms with Crippen molar-refractivity contribution in [2.45, 2.75) is 40.5 Å². The van der Waals surface area contributed by atoms with Crippen LogP contribution in [0.1, 0.15) is 53.3 Å². The summed E-state index contributed by atoms with van der Waals surface area (Å²) in [6.45, 7) is 7.90. The molecule has 1 N–H and O–H groups in total. The summed E-state index contributed by atoms with van der Waals surface area (Å²) in [6, 6.07) is 7.24. The van der Waals surface area contributed by atoms with Gasteiger partial charge in [0, 0.05) is 17.5 Å². The second kappa shape index (κ2) is 5.82. The van der Waals surface area contributed by atoms with Gasteiger partial charge >= 0.3 is 5.97 Å². The van der Waals surface area contributed by atoms with Crippen LogP contribution in [0.2, 0.25) is 0 Å². The molecule has 0 unspecified atom stereocenters. The first kappa shape index (κ1) is 16.3. The Kier molecular flexibility index (Phi) is 3.95. The maximum absolute atomic E-state index is 12.5. The highest BCUT2D eigenvalue weighted by Crippen LogP contribution is 2.39. The van der Waals surface area contributed by atoms with Gasteiger partial charge in [-0.15, -0.1) is 0 Å².